The van der Waals surface area contributed by atoms with E-state index in [2.05, 4.69) is 10.4 Å². The minimum absolute atomic E-state index is 0.0590. The van der Waals surface area contributed by atoms with Crippen LogP contribution in [0.15, 0.2) is 30.5 Å². The van der Waals surface area contributed by atoms with Crippen molar-refractivity contribution >= 4 is 16.8 Å². The second kappa shape index (κ2) is 6.52. The van der Waals surface area contributed by atoms with Gasteiger partial charge in [0.2, 0.25) is 5.91 Å². The molecule has 0 bridgehead atoms. The first-order valence-corrected chi connectivity index (χ1v) is 6.91. The van der Waals surface area contributed by atoms with E-state index in [4.69, 9.17) is 0 Å². The molecule has 2 atom stereocenters. The van der Waals surface area contributed by atoms with Crippen molar-refractivity contribution in [2.45, 2.75) is 32.9 Å². The van der Waals surface area contributed by atoms with Crippen LogP contribution in [-0.4, -0.2) is 33.4 Å². The molecule has 5 heteroatoms. The van der Waals surface area contributed by atoms with Gasteiger partial charge in [-0.1, -0.05) is 25.1 Å². The smallest absolute Gasteiger partial charge is 0.241 e. The van der Waals surface area contributed by atoms with Crippen molar-refractivity contribution in [2.24, 2.45) is 5.92 Å². The number of fused-ring (bicyclic) bond motifs is 1. The average Bonchev–Trinajstić information content (AvgIpc) is 2.79. The molecular formula is C15H21N3O2. The van der Waals surface area contributed by atoms with Gasteiger partial charge in [-0.05, 0) is 25.3 Å². The highest BCUT2D eigenvalue weighted by Gasteiger charge is 2.10. The molecule has 1 aromatic carbocycles. The monoisotopic (exact) mass is 275 g/mol. The van der Waals surface area contributed by atoms with Crippen molar-refractivity contribution in [3.05, 3.63) is 30.5 Å². The number of rotatable bonds is 6. The Morgan fingerprint density at radius 2 is 2.15 bits per heavy atom. The number of aromatic nitrogens is 2. The molecule has 5 nitrogen and oxygen atoms in total. The Bertz CT molecular complexity index is 577. The first kappa shape index (κ1) is 14.5. The Hall–Kier alpha value is -1.88. The van der Waals surface area contributed by atoms with E-state index >= 15 is 0 Å². The summed E-state index contributed by atoms with van der Waals surface area (Å²) in [6, 6.07) is 7.81. The highest BCUT2D eigenvalue weighted by Crippen LogP contribution is 2.12. The van der Waals surface area contributed by atoms with Crippen LogP contribution in [0.4, 0.5) is 0 Å². The molecule has 0 aliphatic carbocycles. The standard InChI is InChI=1S/C15H21N3O2/c1-11(7-12(2)19)8-16-15(20)10-18-14-6-4-3-5-13(14)9-17-18/h3-6,9,11-12,19H,7-8,10H2,1-2H3,(H,16,20). The second-order valence-electron chi connectivity index (χ2n) is 5.36. The van der Waals surface area contributed by atoms with Crippen LogP contribution in [0, 0.1) is 5.92 Å². The number of nitrogens with one attached hydrogen (secondary N) is 1. The lowest BCUT2D eigenvalue weighted by molar-refractivity contribution is -0.122. The summed E-state index contributed by atoms with van der Waals surface area (Å²) in [5, 5.41) is 17.4. The number of amides is 1. The van der Waals surface area contributed by atoms with E-state index in [1.807, 2.05) is 31.2 Å². The molecule has 1 aromatic heterocycles. The summed E-state index contributed by atoms with van der Waals surface area (Å²) >= 11 is 0. The van der Waals surface area contributed by atoms with E-state index in [-0.39, 0.29) is 24.5 Å². The van der Waals surface area contributed by atoms with Gasteiger partial charge in [-0.3, -0.25) is 9.48 Å². The topological polar surface area (TPSA) is 67.2 Å². The number of carbonyl (C=O) groups excluding carboxylic acids is 1. The van der Waals surface area contributed by atoms with Gasteiger partial charge in [0.25, 0.3) is 0 Å². The van der Waals surface area contributed by atoms with Gasteiger partial charge in [0.05, 0.1) is 17.8 Å². The number of carbonyl (C=O) groups is 1. The molecule has 20 heavy (non-hydrogen) atoms. The minimum Gasteiger partial charge on any atom is -0.393 e. The van der Waals surface area contributed by atoms with E-state index in [0.29, 0.717) is 13.0 Å². The number of aliphatic hydroxyl groups excluding tert-OH is 1. The van der Waals surface area contributed by atoms with E-state index in [0.717, 1.165) is 10.9 Å². The van der Waals surface area contributed by atoms with E-state index in [1.54, 1.807) is 17.8 Å². The molecule has 0 fully saturated rings. The third kappa shape index (κ3) is 3.81. The Kier molecular flexibility index (Phi) is 4.74. The van der Waals surface area contributed by atoms with Crippen molar-refractivity contribution in [3.63, 3.8) is 0 Å². The lowest BCUT2D eigenvalue weighted by Gasteiger charge is -2.14. The highest BCUT2D eigenvalue weighted by atomic mass is 16.3. The number of benzene rings is 1. The molecule has 2 rings (SSSR count). The molecule has 2 N–H and O–H groups in total. The fraction of sp³-hybridized carbons (Fsp3) is 0.467. The first-order chi connectivity index (χ1) is 9.56. The van der Waals surface area contributed by atoms with Crippen molar-refractivity contribution in [1.82, 2.24) is 15.1 Å². The summed E-state index contributed by atoms with van der Waals surface area (Å²) in [4.78, 5) is 11.9. The van der Waals surface area contributed by atoms with Crippen LogP contribution in [0.25, 0.3) is 10.9 Å². The number of hydrogen-bond donors (Lipinski definition) is 2. The van der Waals surface area contributed by atoms with Crippen molar-refractivity contribution in [3.8, 4) is 0 Å². The molecule has 0 radical (unpaired) electrons. The average molecular weight is 275 g/mol. The van der Waals surface area contributed by atoms with Gasteiger partial charge in [0.15, 0.2) is 0 Å². The molecule has 0 saturated heterocycles. The zero-order valence-electron chi connectivity index (χ0n) is 11.9. The second-order valence-corrected chi connectivity index (χ2v) is 5.36. The number of aliphatic hydroxyl groups is 1. The van der Waals surface area contributed by atoms with E-state index in [1.165, 1.54) is 0 Å². The molecule has 1 heterocycles. The summed E-state index contributed by atoms with van der Waals surface area (Å²) in [5.74, 6) is 0.199. The molecule has 108 valence electrons. The van der Waals surface area contributed by atoms with Crippen LogP contribution in [0.5, 0.6) is 0 Å². The maximum absolute atomic E-state index is 11.9. The van der Waals surface area contributed by atoms with Crippen LogP contribution >= 0.6 is 0 Å². The summed E-state index contributed by atoms with van der Waals surface area (Å²) in [6.45, 7) is 4.56. The number of para-hydroxylation sites is 1. The maximum Gasteiger partial charge on any atom is 0.241 e. The molecule has 0 aliphatic rings. The van der Waals surface area contributed by atoms with Gasteiger partial charge >= 0.3 is 0 Å². The Balaban J connectivity index is 1.88. The van der Waals surface area contributed by atoms with Crippen molar-refractivity contribution < 1.29 is 9.90 Å². The molecule has 0 spiro atoms. The van der Waals surface area contributed by atoms with Crippen LogP contribution in [0.2, 0.25) is 0 Å². The Morgan fingerprint density at radius 3 is 2.90 bits per heavy atom. The number of hydrogen-bond acceptors (Lipinski definition) is 3. The summed E-state index contributed by atoms with van der Waals surface area (Å²) in [7, 11) is 0. The SMILES string of the molecule is CC(O)CC(C)CNC(=O)Cn1ncc2ccccc21. The van der Waals surface area contributed by atoms with Crippen molar-refractivity contribution in [1.29, 1.82) is 0 Å². The van der Waals surface area contributed by atoms with Gasteiger partial charge < -0.3 is 10.4 Å². The predicted octanol–water partition coefficient (Wildman–Crippen LogP) is 1.56. The Labute approximate surface area is 118 Å². The summed E-state index contributed by atoms with van der Waals surface area (Å²) in [6.07, 6.45) is 2.11. The van der Waals surface area contributed by atoms with Gasteiger partial charge in [-0.2, -0.15) is 5.10 Å². The van der Waals surface area contributed by atoms with Crippen LogP contribution in [0.1, 0.15) is 20.3 Å². The molecule has 1 amide bonds. The molecule has 0 aliphatic heterocycles. The first-order valence-electron chi connectivity index (χ1n) is 6.91. The third-order valence-corrected chi connectivity index (χ3v) is 3.24. The highest BCUT2D eigenvalue weighted by molar-refractivity contribution is 5.81. The van der Waals surface area contributed by atoms with Crippen molar-refractivity contribution in [2.75, 3.05) is 6.54 Å². The summed E-state index contributed by atoms with van der Waals surface area (Å²) < 4.78 is 1.70. The fourth-order valence-corrected chi connectivity index (χ4v) is 2.30. The minimum atomic E-state index is -0.336. The zero-order valence-corrected chi connectivity index (χ0v) is 11.9. The molecule has 2 aromatic rings. The molecule has 2 unspecified atom stereocenters. The number of nitrogens with zero attached hydrogens (tertiary/aromatic N) is 2. The Morgan fingerprint density at radius 1 is 1.40 bits per heavy atom. The third-order valence-electron chi connectivity index (χ3n) is 3.24. The van der Waals surface area contributed by atoms with Gasteiger partial charge in [-0.25, -0.2) is 0 Å². The largest absolute Gasteiger partial charge is 0.393 e. The lowest BCUT2D eigenvalue weighted by Crippen LogP contribution is -2.32. The quantitative estimate of drug-likeness (QED) is 0.840. The summed E-state index contributed by atoms with van der Waals surface area (Å²) in [5.41, 5.74) is 0.958. The van der Waals surface area contributed by atoms with E-state index in [9.17, 15) is 9.90 Å². The lowest BCUT2D eigenvalue weighted by atomic mass is 10.1. The maximum atomic E-state index is 11.9. The van der Waals surface area contributed by atoms with Gasteiger partial charge in [0, 0.05) is 11.9 Å². The fourth-order valence-electron chi connectivity index (χ4n) is 2.30. The van der Waals surface area contributed by atoms with Gasteiger partial charge in [-0.15, -0.1) is 0 Å². The predicted molar refractivity (Wildman–Crippen MR) is 78.2 cm³/mol. The molecular weight excluding hydrogens is 254 g/mol. The van der Waals surface area contributed by atoms with E-state index < -0.39 is 0 Å². The van der Waals surface area contributed by atoms with Crippen LogP contribution < -0.4 is 5.32 Å². The molecule has 0 saturated carbocycles. The normalized spacial score (nSPS) is 14.2. The van der Waals surface area contributed by atoms with Gasteiger partial charge in [0.1, 0.15) is 6.54 Å². The zero-order chi connectivity index (χ0) is 14.5. The van der Waals surface area contributed by atoms with Crippen LogP contribution in [-0.2, 0) is 11.3 Å². The van der Waals surface area contributed by atoms with Crippen LogP contribution in [0.3, 0.4) is 0 Å².